The number of aromatic nitrogens is 2. The van der Waals surface area contributed by atoms with Crippen molar-refractivity contribution in [1.29, 1.82) is 0 Å². The molecule has 3 heterocycles. The molecule has 1 spiro atoms. The Bertz CT molecular complexity index is 848. The third kappa shape index (κ3) is 4.11. The van der Waals surface area contributed by atoms with Gasteiger partial charge in [0.2, 0.25) is 5.95 Å². The van der Waals surface area contributed by atoms with Crippen molar-refractivity contribution in [1.82, 2.24) is 9.97 Å². The number of anilines is 2. The fourth-order valence-electron chi connectivity index (χ4n) is 4.04. The minimum atomic E-state index is -0.439. The zero-order valence-corrected chi connectivity index (χ0v) is 17.1. The summed E-state index contributed by atoms with van der Waals surface area (Å²) in [4.78, 5) is 23.9. The number of benzene rings is 1. The molecule has 0 atom stereocenters. The van der Waals surface area contributed by atoms with E-state index in [9.17, 15) is 4.79 Å². The van der Waals surface area contributed by atoms with Crippen LogP contribution in [0.25, 0.3) is 0 Å². The number of nitrogens with zero attached hydrogens (tertiary/aromatic N) is 3. The van der Waals surface area contributed by atoms with Crippen LogP contribution in [0.2, 0.25) is 0 Å². The second kappa shape index (κ2) is 8.47. The third-order valence-corrected chi connectivity index (χ3v) is 5.73. The van der Waals surface area contributed by atoms with Crippen molar-refractivity contribution < 1.29 is 14.3 Å². The van der Waals surface area contributed by atoms with Gasteiger partial charge in [-0.3, -0.25) is 4.79 Å². The maximum absolute atomic E-state index is 12.9. The molecule has 4 rings (SSSR count). The Hall–Kier alpha value is -2.51. The predicted molar refractivity (Wildman–Crippen MR) is 111 cm³/mol. The van der Waals surface area contributed by atoms with Crippen molar-refractivity contribution in [2.24, 2.45) is 0 Å². The number of ether oxygens (including phenoxy) is 2. The molecule has 7 nitrogen and oxygen atoms in total. The quantitative estimate of drug-likeness (QED) is 0.836. The minimum Gasteiger partial charge on any atom is -0.347 e. The van der Waals surface area contributed by atoms with Crippen LogP contribution in [0, 0.1) is 0 Å². The van der Waals surface area contributed by atoms with Crippen LogP contribution in [0.3, 0.4) is 0 Å². The van der Waals surface area contributed by atoms with E-state index in [0.29, 0.717) is 24.9 Å². The van der Waals surface area contributed by atoms with E-state index >= 15 is 0 Å². The Balaban J connectivity index is 1.49. The highest BCUT2D eigenvalue weighted by atomic mass is 16.7. The van der Waals surface area contributed by atoms with Gasteiger partial charge >= 0.3 is 0 Å². The van der Waals surface area contributed by atoms with E-state index in [1.165, 1.54) is 0 Å². The molecular weight excluding hydrogens is 368 g/mol. The van der Waals surface area contributed by atoms with Gasteiger partial charge in [-0.15, -0.1) is 0 Å². The van der Waals surface area contributed by atoms with E-state index in [1.807, 2.05) is 6.07 Å². The van der Waals surface area contributed by atoms with Crippen molar-refractivity contribution in [3.63, 3.8) is 0 Å². The van der Waals surface area contributed by atoms with Gasteiger partial charge in [0.05, 0.1) is 13.2 Å². The molecule has 1 amide bonds. The summed E-state index contributed by atoms with van der Waals surface area (Å²) < 4.78 is 11.6. The van der Waals surface area contributed by atoms with E-state index in [4.69, 9.17) is 9.47 Å². The lowest BCUT2D eigenvalue weighted by Crippen LogP contribution is -2.45. The van der Waals surface area contributed by atoms with Crippen LogP contribution in [-0.4, -0.2) is 48.0 Å². The average molecular weight is 396 g/mol. The fourth-order valence-corrected chi connectivity index (χ4v) is 4.04. The van der Waals surface area contributed by atoms with E-state index in [0.717, 1.165) is 55.6 Å². The predicted octanol–water partition coefficient (Wildman–Crippen LogP) is 3.20. The zero-order chi connectivity index (χ0) is 20.3. The van der Waals surface area contributed by atoms with Gasteiger partial charge in [-0.1, -0.05) is 32.0 Å². The van der Waals surface area contributed by atoms with Gasteiger partial charge in [-0.25, -0.2) is 9.97 Å². The Morgan fingerprint density at radius 2 is 1.76 bits per heavy atom. The van der Waals surface area contributed by atoms with E-state index in [2.05, 4.69) is 46.2 Å². The second-order valence-corrected chi connectivity index (χ2v) is 7.45. The van der Waals surface area contributed by atoms with Crippen molar-refractivity contribution >= 4 is 17.5 Å². The SMILES string of the molecule is CCc1cccc(CC)c1NC(=O)c1ccnc(N2CCC3(CC2)OCCO3)n1. The number of carbonyl (C=O) groups is 1. The molecule has 1 aromatic heterocycles. The molecule has 29 heavy (non-hydrogen) atoms. The molecule has 2 aromatic rings. The molecule has 0 saturated carbocycles. The smallest absolute Gasteiger partial charge is 0.274 e. The maximum atomic E-state index is 12.9. The number of carbonyl (C=O) groups excluding carboxylic acids is 1. The molecule has 2 saturated heterocycles. The summed E-state index contributed by atoms with van der Waals surface area (Å²) in [6, 6.07) is 7.80. The number of piperidine rings is 1. The van der Waals surface area contributed by atoms with E-state index in [1.54, 1.807) is 12.3 Å². The monoisotopic (exact) mass is 396 g/mol. The molecule has 0 aliphatic carbocycles. The van der Waals surface area contributed by atoms with Crippen LogP contribution in [-0.2, 0) is 22.3 Å². The van der Waals surface area contributed by atoms with Crippen molar-refractivity contribution in [3.8, 4) is 0 Å². The fraction of sp³-hybridized carbons (Fsp3) is 0.500. The molecule has 2 aliphatic heterocycles. The lowest BCUT2D eigenvalue weighted by molar-refractivity contribution is -0.169. The van der Waals surface area contributed by atoms with Gasteiger partial charge < -0.3 is 19.7 Å². The first-order valence-corrected chi connectivity index (χ1v) is 10.4. The molecular formula is C22H28N4O3. The number of nitrogens with one attached hydrogen (secondary N) is 1. The van der Waals surface area contributed by atoms with Crippen molar-refractivity contribution in [3.05, 3.63) is 47.3 Å². The Morgan fingerprint density at radius 1 is 1.10 bits per heavy atom. The average Bonchev–Trinajstić information content (AvgIpc) is 3.22. The summed E-state index contributed by atoms with van der Waals surface area (Å²) in [5, 5.41) is 3.08. The van der Waals surface area contributed by atoms with Gasteiger partial charge in [-0.05, 0) is 30.0 Å². The molecule has 0 radical (unpaired) electrons. The van der Waals surface area contributed by atoms with Gasteiger partial charge in [-0.2, -0.15) is 0 Å². The van der Waals surface area contributed by atoms with Crippen molar-refractivity contribution in [2.45, 2.75) is 45.3 Å². The number of hydrogen-bond acceptors (Lipinski definition) is 6. The maximum Gasteiger partial charge on any atom is 0.274 e. The van der Waals surface area contributed by atoms with Crippen LogP contribution in [0.1, 0.15) is 48.3 Å². The van der Waals surface area contributed by atoms with Crippen LogP contribution in [0.15, 0.2) is 30.5 Å². The van der Waals surface area contributed by atoms with Gasteiger partial charge in [0, 0.05) is 37.8 Å². The summed E-state index contributed by atoms with van der Waals surface area (Å²) in [7, 11) is 0. The Morgan fingerprint density at radius 3 is 2.38 bits per heavy atom. The first-order chi connectivity index (χ1) is 14.1. The molecule has 0 unspecified atom stereocenters. The summed E-state index contributed by atoms with van der Waals surface area (Å²) >= 11 is 0. The second-order valence-electron chi connectivity index (χ2n) is 7.45. The summed E-state index contributed by atoms with van der Waals surface area (Å²) in [5.41, 5.74) is 3.53. The van der Waals surface area contributed by atoms with Gasteiger partial charge in [0.1, 0.15) is 5.69 Å². The van der Waals surface area contributed by atoms with Crippen LogP contribution in [0.4, 0.5) is 11.6 Å². The van der Waals surface area contributed by atoms with Crippen LogP contribution < -0.4 is 10.2 Å². The third-order valence-electron chi connectivity index (χ3n) is 5.73. The summed E-state index contributed by atoms with van der Waals surface area (Å²) in [6.07, 6.45) is 4.92. The highest BCUT2D eigenvalue weighted by Gasteiger charge is 2.40. The van der Waals surface area contributed by atoms with Crippen LogP contribution in [0.5, 0.6) is 0 Å². The minimum absolute atomic E-state index is 0.208. The number of aryl methyl sites for hydroxylation is 2. The highest BCUT2D eigenvalue weighted by molar-refractivity contribution is 6.03. The topological polar surface area (TPSA) is 76.6 Å². The Kier molecular flexibility index (Phi) is 5.78. The summed E-state index contributed by atoms with van der Waals surface area (Å²) in [5.74, 6) is -0.0727. The molecule has 154 valence electrons. The van der Waals surface area contributed by atoms with E-state index < -0.39 is 5.79 Å². The standard InChI is InChI=1S/C22H28N4O3/c1-3-16-6-5-7-17(4-2)19(16)25-20(27)18-8-11-23-21(24-18)26-12-9-22(10-13-26)28-14-15-29-22/h5-8,11H,3-4,9-10,12-15H2,1-2H3,(H,25,27). The largest absolute Gasteiger partial charge is 0.347 e. The van der Waals surface area contributed by atoms with E-state index in [-0.39, 0.29) is 5.91 Å². The Labute approximate surface area is 171 Å². The molecule has 0 bridgehead atoms. The molecule has 7 heteroatoms. The molecule has 2 fully saturated rings. The zero-order valence-electron chi connectivity index (χ0n) is 17.1. The number of amides is 1. The lowest BCUT2D eigenvalue weighted by Gasteiger charge is -2.37. The van der Waals surface area contributed by atoms with Gasteiger partial charge in [0.15, 0.2) is 5.79 Å². The molecule has 2 aliphatic rings. The lowest BCUT2D eigenvalue weighted by atomic mass is 10.0. The highest BCUT2D eigenvalue weighted by Crippen LogP contribution is 2.32. The number of hydrogen-bond donors (Lipinski definition) is 1. The van der Waals surface area contributed by atoms with Crippen LogP contribution >= 0.6 is 0 Å². The first kappa shape index (κ1) is 19.8. The number of rotatable bonds is 5. The van der Waals surface area contributed by atoms with Gasteiger partial charge in [0.25, 0.3) is 5.91 Å². The first-order valence-electron chi connectivity index (χ1n) is 10.4. The molecule has 1 N–H and O–H groups in total. The normalized spacial score (nSPS) is 18.2. The molecule has 1 aromatic carbocycles. The van der Waals surface area contributed by atoms with Crippen molar-refractivity contribution in [2.75, 3.05) is 36.5 Å². The summed E-state index contributed by atoms with van der Waals surface area (Å²) in [6.45, 7) is 6.98. The number of para-hydroxylation sites is 1.